The van der Waals surface area contributed by atoms with Crippen molar-refractivity contribution in [1.29, 1.82) is 0 Å². The van der Waals surface area contributed by atoms with Gasteiger partial charge < -0.3 is 14.6 Å². The summed E-state index contributed by atoms with van der Waals surface area (Å²) in [6, 6.07) is 3.63. The van der Waals surface area contributed by atoms with Crippen LogP contribution in [0, 0.1) is 5.41 Å². The summed E-state index contributed by atoms with van der Waals surface area (Å²) in [6.45, 7) is 7.15. The predicted octanol–water partition coefficient (Wildman–Crippen LogP) is 3.77. The maximum atomic E-state index is 9.14. The molecule has 0 atom stereocenters. The highest BCUT2D eigenvalue weighted by Gasteiger charge is 2.14. The standard InChI is InChI=1S/C14H21BrO3/c1-14(2,3)5-6-18-13-11(15)7-10(9-16)8-12(13)17-4/h7-8,16H,5-6,9H2,1-4H3. The molecule has 0 fully saturated rings. The van der Waals surface area contributed by atoms with E-state index in [0.29, 0.717) is 18.1 Å². The van der Waals surface area contributed by atoms with Crippen molar-refractivity contribution >= 4 is 15.9 Å². The zero-order valence-electron chi connectivity index (χ0n) is 11.4. The van der Waals surface area contributed by atoms with Gasteiger partial charge in [-0.05, 0) is 45.5 Å². The molecule has 1 aromatic carbocycles. The van der Waals surface area contributed by atoms with E-state index in [4.69, 9.17) is 14.6 Å². The molecule has 0 radical (unpaired) electrons. The lowest BCUT2D eigenvalue weighted by atomic mass is 9.93. The molecule has 0 saturated heterocycles. The largest absolute Gasteiger partial charge is 0.493 e. The van der Waals surface area contributed by atoms with Crippen molar-refractivity contribution in [2.24, 2.45) is 5.41 Å². The quantitative estimate of drug-likeness (QED) is 0.898. The Labute approximate surface area is 117 Å². The van der Waals surface area contributed by atoms with Crippen molar-refractivity contribution in [2.75, 3.05) is 13.7 Å². The van der Waals surface area contributed by atoms with E-state index in [2.05, 4.69) is 36.7 Å². The first-order valence-electron chi connectivity index (χ1n) is 5.97. The smallest absolute Gasteiger partial charge is 0.175 e. The molecule has 0 aliphatic carbocycles. The van der Waals surface area contributed by atoms with Crippen LogP contribution < -0.4 is 9.47 Å². The Morgan fingerprint density at radius 1 is 1.28 bits per heavy atom. The molecule has 0 bridgehead atoms. The van der Waals surface area contributed by atoms with Gasteiger partial charge in [-0.3, -0.25) is 0 Å². The van der Waals surface area contributed by atoms with Crippen LogP contribution in [-0.2, 0) is 6.61 Å². The van der Waals surface area contributed by atoms with Gasteiger partial charge in [-0.1, -0.05) is 20.8 Å². The summed E-state index contributed by atoms with van der Waals surface area (Å²) in [6.07, 6.45) is 0.963. The zero-order valence-corrected chi connectivity index (χ0v) is 13.0. The minimum atomic E-state index is -0.0166. The molecule has 4 heteroatoms. The molecule has 0 aliphatic heterocycles. The van der Waals surface area contributed by atoms with E-state index < -0.39 is 0 Å². The fraction of sp³-hybridized carbons (Fsp3) is 0.571. The monoisotopic (exact) mass is 316 g/mol. The number of halogens is 1. The zero-order chi connectivity index (χ0) is 13.8. The van der Waals surface area contributed by atoms with Crippen LogP contribution in [0.2, 0.25) is 0 Å². The summed E-state index contributed by atoms with van der Waals surface area (Å²) in [4.78, 5) is 0. The van der Waals surface area contributed by atoms with Gasteiger partial charge in [-0.2, -0.15) is 0 Å². The molecule has 3 nitrogen and oxygen atoms in total. The van der Waals surface area contributed by atoms with E-state index in [-0.39, 0.29) is 12.0 Å². The highest BCUT2D eigenvalue weighted by Crippen LogP contribution is 2.37. The number of aliphatic hydroxyl groups excluding tert-OH is 1. The van der Waals surface area contributed by atoms with Crippen molar-refractivity contribution < 1.29 is 14.6 Å². The lowest BCUT2D eigenvalue weighted by molar-refractivity contribution is 0.232. The Hall–Kier alpha value is -0.740. The topological polar surface area (TPSA) is 38.7 Å². The summed E-state index contributed by atoms with van der Waals surface area (Å²) in [7, 11) is 1.60. The second-order valence-corrected chi connectivity index (χ2v) is 6.28. The fourth-order valence-corrected chi connectivity index (χ4v) is 2.07. The van der Waals surface area contributed by atoms with E-state index in [9.17, 15) is 0 Å². The average molecular weight is 317 g/mol. The summed E-state index contributed by atoms with van der Waals surface area (Å²) in [5.74, 6) is 1.33. The molecule has 0 saturated carbocycles. The third-order valence-corrected chi connectivity index (χ3v) is 3.16. The van der Waals surface area contributed by atoms with Gasteiger partial charge in [-0.15, -0.1) is 0 Å². The van der Waals surface area contributed by atoms with Crippen molar-refractivity contribution in [2.45, 2.75) is 33.8 Å². The van der Waals surface area contributed by atoms with E-state index in [0.717, 1.165) is 16.5 Å². The molecule has 1 aromatic rings. The summed E-state index contributed by atoms with van der Waals surface area (Å²) >= 11 is 3.44. The molecule has 0 amide bonds. The predicted molar refractivity (Wildman–Crippen MR) is 76.2 cm³/mol. The Balaban J connectivity index is 2.81. The summed E-state index contributed by atoms with van der Waals surface area (Å²) in [5, 5.41) is 9.14. The maximum absolute atomic E-state index is 9.14. The van der Waals surface area contributed by atoms with Crippen LogP contribution in [0.1, 0.15) is 32.8 Å². The number of methoxy groups -OCH3 is 1. The number of rotatable bonds is 5. The number of hydrogen-bond donors (Lipinski definition) is 1. The molecule has 0 aliphatic rings. The number of hydrogen-bond acceptors (Lipinski definition) is 3. The molecule has 1 N–H and O–H groups in total. The van der Waals surface area contributed by atoms with Gasteiger partial charge in [0.05, 0.1) is 24.8 Å². The number of aliphatic hydroxyl groups is 1. The van der Waals surface area contributed by atoms with Crippen molar-refractivity contribution in [3.63, 3.8) is 0 Å². The fourth-order valence-electron chi connectivity index (χ4n) is 1.46. The van der Waals surface area contributed by atoms with Crippen LogP contribution in [-0.4, -0.2) is 18.8 Å². The molecular weight excluding hydrogens is 296 g/mol. The SMILES string of the molecule is COc1cc(CO)cc(Br)c1OCCC(C)(C)C. The molecule has 0 heterocycles. The molecule has 18 heavy (non-hydrogen) atoms. The van der Waals surface area contributed by atoms with Crippen LogP contribution in [0.5, 0.6) is 11.5 Å². The van der Waals surface area contributed by atoms with Crippen LogP contribution in [0.3, 0.4) is 0 Å². The Morgan fingerprint density at radius 2 is 1.94 bits per heavy atom. The first kappa shape index (κ1) is 15.3. The van der Waals surface area contributed by atoms with E-state index in [1.165, 1.54) is 0 Å². The van der Waals surface area contributed by atoms with Gasteiger partial charge in [0, 0.05) is 0 Å². The third-order valence-electron chi connectivity index (χ3n) is 2.57. The Morgan fingerprint density at radius 3 is 2.44 bits per heavy atom. The van der Waals surface area contributed by atoms with Crippen molar-refractivity contribution in [3.05, 3.63) is 22.2 Å². The third kappa shape index (κ3) is 4.50. The molecule has 0 unspecified atom stereocenters. The second-order valence-electron chi connectivity index (χ2n) is 5.43. The van der Waals surface area contributed by atoms with Crippen LogP contribution in [0.4, 0.5) is 0 Å². The van der Waals surface area contributed by atoms with Gasteiger partial charge in [0.15, 0.2) is 11.5 Å². The summed E-state index contributed by atoms with van der Waals surface area (Å²) in [5.41, 5.74) is 1.03. The van der Waals surface area contributed by atoms with Crippen molar-refractivity contribution in [3.8, 4) is 11.5 Å². The normalized spacial score (nSPS) is 11.4. The van der Waals surface area contributed by atoms with E-state index in [1.54, 1.807) is 13.2 Å². The average Bonchev–Trinajstić information content (AvgIpc) is 2.29. The van der Waals surface area contributed by atoms with E-state index in [1.807, 2.05) is 6.07 Å². The maximum Gasteiger partial charge on any atom is 0.175 e. The van der Waals surface area contributed by atoms with Crippen LogP contribution in [0.15, 0.2) is 16.6 Å². The van der Waals surface area contributed by atoms with Gasteiger partial charge in [0.2, 0.25) is 0 Å². The minimum absolute atomic E-state index is 0.0166. The second kappa shape index (κ2) is 6.43. The van der Waals surface area contributed by atoms with Crippen LogP contribution in [0.25, 0.3) is 0 Å². The molecule has 0 spiro atoms. The van der Waals surface area contributed by atoms with Crippen LogP contribution >= 0.6 is 15.9 Å². The van der Waals surface area contributed by atoms with Gasteiger partial charge in [0.25, 0.3) is 0 Å². The molecule has 0 aromatic heterocycles. The highest BCUT2D eigenvalue weighted by atomic mass is 79.9. The van der Waals surface area contributed by atoms with Gasteiger partial charge >= 0.3 is 0 Å². The van der Waals surface area contributed by atoms with Crippen molar-refractivity contribution in [1.82, 2.24) is 0 Å². The van der Waals surface area contributed by atoms with Gasteiger partial charge in [0.1, 0.15) is 0 Å². The highest BCUT2D eigenvalue weighted by molar-refractivity contribution is 9.10. The Bertz CT molecular complexity index is 397. The first-order chi connectivity index (χ1) is 8.37. The molecular formula is C14H21BrO3. The summed E-state index contributed by atoms with van der Waals surface area (Å²) < 4.78 is 11.9. The van der Waals surface area contributed by atoms with Gasteiger partial charge in [-0.25, -0.2) is 0 Å². The van der Waals surface area contributed by atoms with E-state index >= 15 is 0 Å². The molecule has 102 valence electrons. The number of ether oxygens (including phenoxy) is 2. The molecule has 1 rings (SSSR count). The Kier molecular flexibility index (Phi) is 5.47. The lowest BCUT2D eigenvalue weighted by Gasteiger charge is -2.19. The lowest BCUT2D eigenvalue weighted by Crippen LogP contribution is -2.11. The number of benzene rings is 1. The minimum Gasteiger partial charge on any atom is -0.493 e. The first-order valence-corrected chi connectivity index (χ1v) is 6.77.